The summed E-state index contributed by atoms with van der Waals surface area (Å²) in [6.07, 6.45) is 0. The first kappa shape index (κ1) is 11.5. The van der Waals surface area contributed by atoms with Crippen LogP contribution < -0.4 is 11.1 Å². The molecule has 0 aromatic heterocycles. The third-order valence-corrected chi connectivity index (χ3v) is 2.82. The highest BCUT2D eigenvalue weighted by Crippen LogP contribution is 2.18. The average Bonchev–Trinajstić information content (AvgIpc) is 2.28. The second-order valence-corrected chi connectivity index (χ2v) is 4.42. The van der Waals surface area contributed by atoms with Gasteiger partial charge in [0.25, 0.3) is 0 Å². The highest BCUT2D eigenvalue weighted by atomic mass is 14.9. The minimum atomic E-state index is 0.809. The van der Waals surface area contributed by atoms with Crippen molar-refractivity contribution in [3.8, 4) is 0 Å². The Morgan fingerprint density at radius 3 is 2.59 bits per heavy atom. The molecule has 0 saturated heterocycles. The van der Waals surface area contributed by atoms with Crippen LogP contribution in [0.15, 0.2) is 42.5 Å². The van der Waals surface area contributed by atoms with Crippen LogP contribution in [0.4, 0.5) is 11.4 Å². The van der Waals surface area contributed by atoms with E-state index in [-0.39, 0.29) is 0 Å². The number of hydrogen-bond donors (Lipinski definition) is 2. The fourth-order valence-electron chi connectivity index (χ4n) is 1.90. The lowest BCUT2D eigenvalue weighted by atomic mass is 10.1. The Hall–Kier alpha value is -1.96. The van der Waals surface area contributed by atoms with Gasteiger partial charge < -0.3 is 11.1 Å². The molecule has 2 aromatic rings. The first-order valence-corrected chi connectivity index (χ1v) is 5.81. The number of benzene rings is 2. The van der Waals surface area contributed by atoms with Crippen molar-refractivity contribution in [1.29, 1.82) is 0 Å². The largest absolute Gasteiger partial charge is 0.399 e. The zero-order chi connectivity index (χ0) is 12.3. The van der Waals surface area contributed by atoms with E-state index in [2.05, 4.69) is 43.4 Å². The molecule has 0 unspecified atom stereocenters. The lowest BCUT2D eigenvalue weighted by Crippen LogP contribution is -2.01. The molecule has 0 heterocycles. The number of anilines is 2. The zero-order valence-corrected chi connectivity index (χ0v) is 10.3. The molecule has 0 fully saturated rings. The fraction of sp³-hybridized carbons (Fsp3) is 0.200. The van der Waals surface area contributed by atoms with Gasteiger partial charge in [-0.1, -0.05) is 29.8 Å². The Morgan fingerprint density at radius 1 is 1.06 bits per heavy atom. The Labute approximate surface area is 102 Å². The van der Waals surface area contributed by atoms with Crippen molar-refractivity contribution in [2.45, 2.75) is 20.4 Å². The molecule has 0 radical (unpaired) electrons. The molecule has 2 rings (SSSR count). The van der Waals surface area contributed by atoms with Crippen molar-refractivity contribution in [1.82, 2.24) is 0 Å². The first-order chi connectivity index (χ1) is 8.15. The first-order valence-electron chi connectivity index (χ1n) is 5.81. The number of nitrogens with two attached hydrogens (primary N) is 1. The summed E-state index contributed by atoms with van der Waals surface area (Å²) in [4.78, 5) is 0. The monoisotopic (exact) mass is 226 g/mol. The SMILES string of the molecule is Cc1cccc(CNc2ccc(N)cc2C)c1. The summed E-state index contributed by atoms with van der Waals surface area (Å²) < 4.78 is 0. The van der Waals surface area contributed by atoms with Gasteiger partial charge in [-0.25, -0.2) is 0 Å². The van der Waals surface area contributed by atoms with Crippen molar-refractivity contribution >= 4 is 11.4 Å². The molecular formula is C15H18N2. The van der Waals surface area contributed by atoms with E-state index in [0.29, 0.717) is 0 Å². The van der Waals surface area contributed by atoms with Crippen molar-refractivity contribution in [3.63, 3.8) is 0 Å². The van der Waals surface area contributed by atoms with E-state index < -0.39 is 0 Å². The predicted molar refractivity (Wildman–Crippen MR) is 74.1 cm³/mol. The number of nitrogen functional groups attached to an aromatic ring is 1. The fourth-order valence-corrected chi connectivity index (χ4v) is 1.90. The zero-order valence-electron chi connectivity index (χ0n) is 10.3. The molecule has 0 bridgehead atoms. The molecule has 0 aliphatic heterocycles. The molecule has 0 spiro atoms. The maximum Gasteiger partial charge on any atom is 0.0400 e. The van der Waals surface area contributed by atoms with Crippen LogP contribution in [-0.4, -0.2) is 0 Å². The number of hydrogen-bond acceptors (Lipinski definition) is 2. The van der Waals surface area contributed by atoms with Crippen molar-refractivity contribution in [2.75, 3.05) is 11.1 Å². The van der Waals surface area contributed by atoms with Gasteiger partial charge in [-0.2, -0.15) is 0 Å². The number of nitrogens with one attached hydrogen (secondary N) is 1. The van der Waals surface area contributed by atoms with Crippen molar-refractivity contribution < 1.29 is 0 Å². The molecule has 0 saturated carbocycles. The quantitative estimate of drug-likeness (QED) is 0.786. The second-order valence-electron chi connectivity index (χ2n) is 4.42. The Morgan fingerprint density at radius 2 is 1.88 bits per heavy atom. The summed E-state index contributed by atoms with van der Waals surface area (Å²) >= 11 is 0. The average molecular weight is 226 g/mol. The molecule has 88 valence electrons. The third kappa shape index (κ3) is 3.00. The summed E-state index contributed by atoms with van der Waals surface area (Å²) in [7, 11) is 0. The Balaban J connectivity index is 2.07. The van der Waals surface area contributed by atoms with Gasteiger partial charge in [-0.05, 0) is 43.2 Å². The van der Waals surface area contributed by atoms with E-state index >= 15 is 0 Å². The topological polar surface area (TPSA) is 38.0 Å². The van der Waals surface area contributed by atoms with E-state index in [0.717, 1.165) is 17.9 Å². The summed E-state index contributed by atoms with van der Waals surface area (Å²) in [6.45, 7) is 5.01. The Bertz CT molecular complexity index is 518. The lowest BCUT2D eigenvalue weighted by Gasteiger charge is -2.10. The molecule has 0 amide bonds. The van der Waals surface area contributed by atoms with E-state index in [1.54, 1.807) is 0 Å². The van der Waals surface area contributed by atoms with Crippen molar-refractivity contribution in [2.24, 2.45) is 0 Å². The minimum absolute atomic E-state index is 0.809. The standard InChI is InChI=1S/C15H18N2/c1-11-4-3-5-13(8-11)10-17-15-7-6-14(16)9-12(15)2/h3-9,17H,10,16H2,1-2H3. The van der Waals surface area contributed by atoms with Crippen LogP contribution in [0, 0.1) is 13.8 Å². The minimum Gasteiger partial charge on any atom is -0.399 e. The summed E-state index contributed by atoms with van der Waals surface area (Å²) in [6, 6.07) is 14.5. The second kappa shape index (κ2) is 4.91. The van der Waals surface area contributed by atoms with Gasteiger partial charge in [0.05, 0.1) is 0 Å². The summed E-state index contributed by atoms with van der Waals surface area (Å²) in [5.74, 6) is 0. The lowest BCUT2D eigenvalue weighted by molar-refractivity contribution is 1.13. The summed E-state index contributed by atoms with van der Waals surface area (Å²) in [5, 5.41) is 3.43. The number of rotatable bonds is 3. The van der Waals surface area contributed by atoms with Gasteiger partial charge in [0.2, 0.25) is 0 Å². The molecule has 0 aliphatic carbocycles. The molecule has 2 aromatic carbocycles. The van der Waals surface area contributed by atoms with Gasteiger partial charge in [-0.3, -0.25) is 0 Å². The Kier molecular flexibility index (Phi) is 3.33. The maximum atomic E-state index is 5.73. The van der Waals surface area contributed by atoms with Crippen LogP contribution in [0.25, 0.3) is 0 Å². The molecule has 2 heteroatoms. The number of aryl methyl sites for hydroxylation is 2. The molecule has 17 heavy (non-hydrogen) atoms. The van der Waals surface area contributed by atoms with Gasteiger partial charge in [0.15, 0.2) is 0 Å². The molecule has 3 N–H and O–H groups in total. The van der Waals surface area contributed by atoms with Crippen molar-refractivity contribution in [3.05, 3.63) is 59.2 Å². The van der Waals surface area contributed by atoms with Crippen LogP contribution in [0.3, 0.4) is 0 Å². The van der Waals surface area contributed by atoms with Gasteiger partial charge >= 0.3 is 0 Å². The van der Waals surface area contributed by atoms with Gasteiger partial charge in [0.1, 0.15) is 0 Å². The van der Waals surface area contributed by atoms with E-state index in [4.69, 9.17) is 5.73 Å². The third-order valence-electron chi connectivity index (χ3n) is 2.82. The smallest absolute Gasteiger partial charge is 0.0400 e. The molecular weight excluding hydrogens is 208 g/mol. The molecule has 2 nitrogen and oxygen atoms in total. The highest BCUT2D eigenvalue weighted by Gasteiger charge is 1.98. The summed E-state index contributed by atoms with van der Waals surface area (Å²) in [5.41, 5.74) is 11.4. The van der Waals surface area contributed by atoms with E-state index in [1.807, 2.05) is 18.2 Å². The van der Waals surface area contributed by atoms with Gasteiger partial charge in [-0.15, -0.1) is 0 Å². The van der Waals surface area contributed by atoms with E-state index in [1.165, 1.54) is 16.7 Å². The van der Waals surface area contributed by atoms with Crippen LogP contribution >= 0.6 is 0 Å². The highest BCUT2D eigenvalue weighted by molar-refractivity contribution is 5.57. The molecule has 0 aliphatic rings. The van der Waals surface area contributed by atoms with Crippen LogP contribution in [0.5, 0.6) is 0 Å². The predicted octanol–water partition coefficient (Wildman–Crippen LogP) is 3.50. The van der Waals surface area contributed by atoms with Crippen LogP contribution in [-0.2, 0) is 6.54 Å². The molecule has 0 atom stereocenters. The van der Waals surface area contributed by atoms with Crippen LogP contribution in [0.2, 0.25) is 0 Å². The maximum absolute atomic E-state index is 5.73. The van der Waals surface area contributed by atoms with E-state index in [9.17, 15) is 0 Å². The normalized spacial score (nSPS) is 10.2. The van der Waals surface area contributed by atoms with Crippen LogP contribution in [0.1, 0.15) is 16.7 Å². The van der Waals surface area contributed by atoms with Gasteiger partial charge in [0, 0.05) is 17.9 Å².